The second-order valence-corrected chi connectivity index (χ2v) is 10.0. The molecule has 0 bridgehead atoms. The highest BCUT2D eigenvalue weighted by molar-refractivity contribution is 7.98. The van der Waals surface area contributed by atoms with E-state index in [0.29, 0.717) is 5.75 Å². The van der Waals surface area contributed by atoms with Crippen molar-refractivity contribution in [1.82, 2.24) is 9.21 Å². The lowest BCUT2D eigenvalue weighted by atomic mass is 10.2. The normalized spacial score (nSPS) is 15.2. The van der Waals surface area contributed by atoms with Gasteiger partial charge in [-0.25, -0.2) is 12.8 Å². The summed E-state index contributed by atoms with van der Waals surface area (Å²) in [7, 11) is -3.81. The molecule has 1 aliphatic rings. The molecule has 2 aromatic carbocycles. The smallest absolute Gasteiger partial charge is 0.289 e. The Kier molecular flexibility index (Phi) is 6.45. The van der Waals surface area contributed by atoms with Gasteiger partial charge in [-0.1, -0.05) is 24.3 Å². The Morgan fingerprint density at radius 1 is 1.00 bits per heavy atom. The zero-order valence-electron chi connectivity index (χ0n) is 16.6. The molecule has 1 aromatic heterocycles. The fourth-order valence-electron chi connectivity index (χ4n) is 3.37. The van der Waals surface area contributed by atoms with E-state index in [0.717, 1.165) is 16.5 Å². The summed E-state index contributed by atoms with van der Waals surface area (Å²) in [5.41, 5.74) is 0.800. The second-order valence-electron chi connectivity index (χ2n) is 7.03. The SMILES string of the molecule is O=C(c1occc1CSc1ccccc1)N1CCN(S(=O)(=O)c2cccc(F)c2)CC1. The van der Waals surface area contributed by atoms with Crippen LogP contribution >= 0.6 is 11.8 Å². The Morgan fingerprint density at radius 3 is 2.45 bits per heavy atom. The van der Waals surface area contributed by atoms with Crippen LogP contribution in [-0.4, -0.2) is 49.7 Å². The van der Waals surface area contributed by atoms with Crippen LogP contribution in [-0.2, 0) is 15.8 Å². The van der Waals surface area contributed by atoms with Gasteiger partial charge in [-0.2, -0.15) is 4.31 Å². The molecule has 1 saturated heterocycles. The summed E-state index contributed by atoms with van der Waals surface area (Å²) in [5.74, 6) is 0.0186. The lowest BCUT2D eigenvalue weighted by Crippen LogP contribution is -2.50. The van der Waals surface area contributed by atoms with Gasteiger partial charge in [-0.3, -0.25) is 4.79 Å². The van der Waals surface area contributed by atoms with Crippen molar-refractivity contribution < 1.29 is 22.0 Å². The third-order valence-corrected chi connectivity index (χ3v) is 7.99. The molecule has 1 aliphatic heterocycles. The minimum Gasteiger partial charge on any atom is -0.459 e. The summed E-state index contributed by atoms with van der Waals surface area (Å²) < 4.78 is 45.7. The fourth-order valence-corrected chi connectivity index (χ4v) is 5.72. The van der Waals surface area contributed by atoms with E-state index in [1.807, 2.05) is 30.3 Å². The van der Waals surface area contributed by atoms with E-state index in [1.165, 1.54) is 28.8 Å². The van der Waals surface area contributed by atoms with Crippen LogP contribution in [0, 0.1) is 5.82 Å². The van der Waals surface area contributed by atoms with E-state index in [1.54, 1.807) is 22.7 Å². The quantitative estimate of drug-likeness (QED) is 0.523. The monoisotopic (exact) mass is 460 g/mol. The molecule has 1 fully saturated rings. The van der Waals surface area contributed by atoms with Crippen molar-refractivity contribution in [3.8, 4) is 0 Å². The molecule has 0 N–H and O–H groups in total. The molecule has 0 spiro atoms. The molecule has 0 saturated carbocycles. The first kappa shape index (κ1) is 21.6. The average molecular weight is 461 g/mol. The third-order valence-electron chi connectivity index (χ3n) is 5.04. The van der Waals surface area contributed by atoms with Gasteiger partial charge in [-0.15, -0.1) is 11.8 Å². The van der Waals surface area contributed by atoms with Gasteiger partial charge in [0.25, 0.3) is 5.91 Å². The van der Waals surface area contributed by atoms with Crippen LogP contribution in [0.1, 0.15) is 16.1 Å². The summed E-state index contributed by atoms with van der Waals surface area (Å²) in [6.07, 6.45) is 1.50. The first-order valence-electron chi connectivity index (χ1n) is 9.74. The molecular weight excluding hydrogens is 439 g/mol. The molecule has 1 amide bonds. The van der Waals surface area contributed by atoms with E-state index in [2.05, 4.69) is 0 Å². The third kappa shape index (κ3) is 4.84. The van der Waals surface area contributed by atoms with Gasteiger partial charge in [-0.05, 0) is 36.4 Å². The zero-order valence-corrected chi connectivity index (χ0v) is 18.2. The predicted molar refractivity (Wildman–Crippen MR) is 116 cm³/mol. The van der Waals surface area contributed by atoms with Crippen LogP contribution in [0.25, 0.3) is 0 Å². The van der Waals surface area contributed by atoms with Gasteiger partial charge in [0.1, 0.15) is 5.82 Å². The molecule has 4 rings (SSSR count). The van der Waals surface area contributed by atoms with E-state index in [9.17, 15) is 17.6 Å². The summed E-state index contributed by atoms with van der Waals surface area (Å²) in [5, 5.41) is 0. The van der Waals surface area contributed by atoms with Crippen molar-refractivity contribution in [2.45, 2.75) is 15.5 Å². The van der Waals surface area contributed by atoms with Gasteiger partial charge < -0.3 is 9.32 Å². The lowest BCUT2D eigenvalue weighted by Gasteiger charge is -2.33. The number of benzene rings is 2. The highest BCUT2D eigenvalue weighted by Gasteiger charge is 2.32. The van der Waals surface area contributed by atoms with Crippen molar-refractivity contribution in [2.24, 2.45) is 0 Å². The minimum atomic E-state index is -3.81. The largest absolute Gasteiger partial charge is 0.459 e. The number of furan rings is 1. The van der Waals surface area contributed by atoms with Crippen LogP contribution < -0.4 is 0 Å². The van der Waals surface area contributed by atoms with Gasteiger partial charge in [0.2, 0.25) is 10.0 Å². The Labute approximate surface area is 184 Å². The van der Waals surface area contributed by atoms with Gasteiger partial charge in [0, 0.05) is 42.4 Å². The number of rotatable bonds is 6. The van der Waals surface area contributed by atoms with E-state index >= 15 is 0 Å². The molecular formula is C22H21FN2O4S2. The molecule has 0 atom stereocenters. The molecule has 31 heavy (non-hydrogen) atoms. The van der Waals surface area contributed by atoms with Crippen molar-refractivity contribution in [3.63, 3.8) is 0 Å². The van der Waals surface area contributed by atoms with Crippen molar-refractivity contribution in [1.29, 1.82) is 0 Å². The van der Waals surface area contributed by atoms with Crippen LogP contribution in [0.15, 0.2) is 81.1 Å². The summed E-state index contributed by atoms with van der Waals surface area (Å²) in [4.78, 5) is 15.6. The van der Waals surface area contributed by atoms with Gasteiger partial charge in [0.05, 0.1) is 11.2 Å². The maximum atomic E-state index is 13.5. The Morgan fingerprint density at radius 2 is 1.74 bits per heavy atom. The number of thioether (sulfide) groups is 1. The summed E-state index contributed by atoms with van der Waals surface area (Å²) in [6.45, 7) is 0.748. The predicted octanol–water partition coefficient (Wildman–Crippen LogP) is 3.86. The fraction of sp³-hybridized carbons (Fsp3) is 0.227. The van der Waals surface area contributed by atoms with Crippen molar-refractivity contribution in [3.05, 3.63) is 84.1 Å². The van der Waals surface area contributed by atoms with Crippen LogP contribution in [0.2, 0.25) is 0 Å². The molecule has 0 unspecified atom stereocenters. The van der Waals surface area contributed by atoms with Crippen LogP contribution in [0.4, 0.5) is 4.39 Å². The van der Waals surface area contributed by atoms with Crippen LogP contribution in [0.5, 0.6) is 0 Å². The zero-order chi connectivity index (χ0) is 21.8. The molecule has 0 radical (unpaired) electrons. The van der Waals surface area contributed by atoms with Gasteiger partial charge >= 0.3 is 0 Å². The van der Waals surface area contributed by atoms with E-state index in [-0.39, 0.29) is 42.7 Å². The number of piperazine rings is 1. The minimum absolute atomic E-state index is 0.0847. The molecule has 0 aliphatic carbocycles. The number of hydrogen-bond acceptors (Lipinski definition) is 5. The summed E-state index contributed by atoms with van der Waals surface area (Å²) in [6, 6.07) is 16.6. The number of carbonyl (C=O) groups is 1. The highest BCUT2D eigenvalue weighted by Crippen LogP contribution is 2.26. The molecule has 2 heterocycles. The molecule has 3 aromatic rings. The first-order valence-corrected chi connectivity index (χ1v) is 12.2. The Bertz CT molecular complexity index is 1160. The van der Waals surface area contributed by atoms with Crippen LogP contribution in [0.3, 0.4) is 0 Å². The molecule has 162 valence electrons. The maximum absolute atomic E-state index is 13.5. The number of hydrogen-bond donors (Lipinski definition) is 0. The van der Waals surface area contributed by atoms with Crippen molar-refractivity contribution in [2.75, 3.05) is 26.2 Å². The van der Waals surface area contributed by atoms with E-state index in [4.69, 9.17) is 4.42 Å². The number of carbonyl (C=O) groups excluding carboxylic acids is 1. The highest BCUT2D eigenvalue weighted by atomic mass is 32.2. The molecule has 9 heteroatoms. The number of nitrogens with zero attached hydrogens (tertiary/aromatic N) is 2. The molecule has 6 nitrogen and oxygen atoms in total. The van der Waals surface area contributed by atoms with Crippen molar-refractivity contribution >= 4 is 27.7 Å². The average Bonchev–Trinajstić information content (AvgIpc) is 3.26. The second kappa shape index (κ2) is 9.25. The number of amides is 1. The Hall–Kier alpha value is -2.62. The standard InChI is InChI=1S/C22H21FN2O4S2/c23-18-5-4-8-20(15-18)31(27,28)25-12-10-24(11-13-25)22(26)21-17(9-14-29-21)16-30-19-6-2-1-3-7-19/h1-9,14-15H,10-13,16H2. The van der Waals surface area contributed by atoms with Gasteiger partial charge in [0.15, 0.2) is 5.76 Å². The summed E-state index contributed by atoms with van der Waals surface area (Å²) >= 11 is 1.61. The number of sulfonamides is 1. The number of halogens is 1. The maximum Gasteiger partial charge on any atom is 0.289 e. The van der Waals surface area contributed by atoms with E-state index < -0.39 is 15.8 Å². The first-order chi connectivity index (χ1) is 14.9. The topological polar surface area (TPSA) is 70.8 Å². The Balaban J connectivity index is 1.39. The lowest BCUT2D eigenvalue weighted by molar-refractivity contribution is 0.0665.